The van der Waals surface area contributed by atoms with Gasteiger partial charge < -0.3 is 24.4 Å². The summed E-state index contributed by atoms with van der Waals surface area (Å²) in [5, 5.41) is 8.48. The highest BCUT2D eigenvalue weighted by Gasteiger charge is 2.41. The molecule has 0 unspecified atom stereocenters. The Morgan fingerprint density at radius 3 is 2.50 bits per heavy atom. The lowest BCUT2D eigenvalue weighted by molar-refractivity contribution is 0.0600. The van der Waals surface area contributed by atoms with E-state index in [1.165, 1.54) is 7.11 Å². The zero-order valence-corrected chi connectivity index (χ0v) is 23.9. The summed E-state index contributed by atoms with van der Waals surface area (Å²) in [6.45, 7) is 2.19. The van der Waals surface area contributed by atoms with Gasteiger partial charge in [-0.3, -0.25) is 0 Å². The lowest BCUT2D eigenvalue weighted by Crippen LogP contribution is -2.46. The second-order valence-electron chi connectivity index (χ2n) is 10.5. The molecule has 3 aliphatic heterocycles. The Morgan fingerprint density at radius 1 is 0.909 bits per heavy atom. The lowest BCUT2D eigenvalue weighted by atomic mass is 9.92. The van der Waals surface area contributed by atoms with Gasteiger partial charge in [0.15, 0.2) is 29.0 Å². The van der Waals surface area contributed by atoms with Crippen molar-refractivity contribution in [2.45, 2.75) is 13.0 Å². The van der Waals surface area contributed by atoms with E-state index in [2.05, 4.69) is 10.2 Å². The van der Waals surface area contributed by atoms with E-state index in [0.29, 0.717) is 34.6 Å². The predicted molar refractivity (Wildman–Crippen MR) is 167 cm³/mol. The number of benzene rings is 4. The van der Waals surface area contributed by atoms with E-state index >= 15 is 0 Å². The number of hydrogen-bond donors (Lipinski definition) is 1. The molecule has 1 N–H and O–H groups in total. The van der Waals surface area contributed by atoms with Crippen molar-refractivity contribution in [2.75, 3.05) is 24.1 Å². The molecule has 0 bridgehead atoms. The zero-order chi connectivity index (χ0) is 29.8. The number of carbonyl (C=O) groups excluding carboxylic acids is 1. The second kappa shape index (κ2) is 10.1. The van der Waals surface area contributed by atoms with Gasteiger partial charge in [0.2, 0.25) is 6.79 Å². The molecular formula is C34H26N6O4. The number of esters is 1. The Hall–Kier alpha value is -5.90. The molecule has 3 aliphatic rings. The molecule has 0 amide bonds. The predicted octanol–water partition coefficient (Wildman–Crippen LogP) is 6.49. The van der Waals surface area contributed by atoms with Gasteiger partial charge in [-0.25, -0.2) is 19.5 Å². The van der Waals surface area contributed by atoms with Gasteiger partial charge in [-0.1, -0.05) is 42.5 Å². The molecule has 44 heavy (non-hydrogen) atoms. The number of methoxy groups -OCH3 is 1. The third-order valence-corrected chi connectivity index (χ3v) is 7.92. The van der Waals surface area contributed by atoms with Gasteiger partial charge in [0.05, 0.1) is 41.5 Å². The van der Waals surface area contributed by atoms with E-state index in [-0.39, 0.29) is 18.8 Å². The van der Waals surface area contributed by atoms with E-state index in [1.807, 2.05) is 96.5 Å². The second-order valence-corrected chi connectivity index (χ2v) is 10.5. The first-order valence-electron chi connectivity index (χ1n) is 14.1. The fraction of sp³-hybridized carbons (Fsp3) is 0.118. The highest BCUT2D eigenvalue weighted by Crippen LogP contribution is 2.48. The number of ether oxygens (including phenoxy) is 3. The maximum absolute atomic E-state index is 12.3. The van der Waals surface area contributed by atoms with Gasteiger partial charge in [0.1, 0.15) is 0 Å². The summed E-state index contributed by atoms with van der Waals surface area (Å²) in [4.78, 5) is 24.8. The largest absolute Gasteiger partial charge is 0.465 e. The summed E-state index contributed by atoms with van der Waals surface area (Å²) >= 11 is 0. The molecule has 10 heteroatoms. The summed E-state index contributed by atoms with van der Waals surface area (Å²) < 4.78 is 18.0. The number of hydrogen-bond acceptors (Lipinski definition) is 9. The number of aromatic nitrogens is 2. The minimum atomic E-state index is -0.387. The van der Waals surface area contributed by atoms with Crippen LogP contribution in [0.3, 0.4) is 0 Å². The SMILES string of the molecule is COC(=O)c1ccc([C@@H]2c3c(C)nn(-c4ccccc4)c3N=C3C(Nc4ccc5c(c4)OCO5)=Nc4ccccc4N32)cc1. The number of nitrogens with one attached hydrogen (secondary N) is 1. The summed E-state index contributed by atoms with van der Waals surface area (Å²) in [5.74, 6) is 2.89. The van der Waals surface area contributed by atoms with E-state index < -0.39 is 0 Å². The van der Waals surface area contributed by atoms with Crippen molar-refractivity contribution in [1.82, 2.24) is 9.78 Å². The Balaban J connectivity index is 1.34. The number of aliphatic imine (C=N–C) groups is 2. The third-order valence-electron chi connectivity index (χ3n) is 7.92. The molecule has 5 aromatic rings. The van der Waals surface area contributed by atoms with Gasteiger partial charge in [0.25, 0.3) is 0 Å². The standard InChI is InChI=1S/C34H26N6O4/c1-20-29-30(21-12-14-22(15-13-21)34(41)42-2)39-26-11-7-6-10-25(26)36-31(35-23-16-17-27-28(18-23)44-19-43-27)33(39)37-32(29)40(38-20)24-8-4-3-5-9-24/h3-18,30H,19H2,1-2H3,(H,35,36)/t30-/m1/s1. The first-order valence-corrected chi connectivity index (χ1v) is 14.1. The van der Waals surface area contributed by atoms with Crippen LogP contribution < -0.4 is 19.7 Å². The number of carbonyl (C=O) groups is 1. The molecule has 1 atom stereocenters. The van der Waals surface area contributed by atoms with Crippen LogP contribution in [-0.2, 0) is 4.74 Å². The first kappa shape index (κ1) is 25.8. The van der Waals surface area contributed by atoms with E-state index in [1.54, 1.807) is 12.1 Å². The summed E-state index contributed by atoms with van der Waals surface area (Å²) in [6.07, 6.45) is 0. The average molecular weight is 583 g/mol. The maximum Gasteiger partial charge on any atom is 0.337 e. The fourth-order valence-electron chi connectivity index (χ4n) is 5.89. The summed E-state index contributed by atoms with van der Waals surface area (Å²) in [5.41, 5.74) is 6.62. The van der Waals surface area contributed by atoms with Gasteiger partial charge >= 0.3 is 5.97 Å². The molecule has 0 fully saturated rings. The van der Waals surface area contributed by atoms with E-state index in [4.69, 9.17) is 29.3 Å². The van der Waals surface area contributed by atoms with E-state index in [0.717, 1.165) is 39.6 Å². The quantitative estimate of drug-likeness (QED) is 0.242. The monoisotopic (exact) mass is 582 g/mol. The molecular weight excluding hydrogens is 556 g/mol. The van der Waals surface area contributed by atoms with Crippen LogP contribution >= 0.6 is 0 Å². The Bertz CT molecular complexity index is 2000. The number of rotatable bonds is 4. The molecule has 1 aromatic heterocycles. The molecule has 4 aromatic carbocycles. The van der Waals surface area contributed by atoms with Crippen LogP contribution in [0.25, 0.3) is 5.69 Å². The van der Waals surface area contributed by atoms with Gasteiger partial charge in [-0.2, -0.15) is 5.10 Å². The van der Waals surface area contributed by atoms with Crippen molar-refractivity contribution in [1.29, 1.82) is 0 Å². The number of para-hydroxylation sites is 3. The molecule has 216 valence electrons. The van der Waals surface area contributed by atoms with Crippen LogP contribution in [0.4, 0.5) is 22.9 Å². The van der Waals surface area contributed by atoms with Crippen LogP contribution in [0.1, 0.15) is 33.2 Å². The highest BCUT2D eigenvalue weighted by molar-refractivity contribution is 6.51. The number of nitrogens with zero attached hydrogens (tertiary/aromatic N) is 5. The van der Waals surface area contributed by atoms with Crippen molar-refractivity contribution in [3.05, 3.63) is 119 Å². The smallest absolute Gasteiger partial charge is 0.337 e. The molecule has 0 spiro atoms. The third kappa shape index (κ3) is 4.10. The Morgan fingerprint density at radius 2 is 1.68 bits per heavy atom. The lowest BCUT2D eigenvalue weighted by Gasteiger charge is -2.40. The molecule has 0 aliphatic carbocycles. The fourth-order valence-corrected chi connectivity index (χ4v) is 5.89. The van der Waals surface area contributed by atoms with Crippen molar-refractivity contribution in [3.8, 4) is 17.2 Å². The number of amidine groups is 2. The van der Waals surface area contributed by atoms with Crippen LogP contribution in [0.15, 0.2) is 107 Å². The van der Waals surface area contributed by atoms with Crippen LogP contribution in [-0.4, -0.2) is 41.3 Å². The topological polar surface area (TPSA) is 103 Å². The van der Waals surface area contributed by atoms with Crippen molar-refractivity contribution < 1.29 is 19.0 Å². The van der Waals surface area contributed by atoms with Gasteiger partial charge in [0, 0.05) is 17.3 Å². The normalized spacial score (nSPS) is 15.9. The zero-order valence-electron chi connectivity index (χ0n) is 23.9. The number of anilines is 2. The van der Waals surface area contributed by atoms with Crippen molar-refractivity contribution in [3.63, 3.8) is 0 Å². The van der Waals surface area contributed by atoms with Gasteiger partial charge in [-0.15, -0.1) is 0 Å². The Labute approximate surface area is 252 Å². The summed E-state index contributed by atoms with van der Waals surface area (Å²) in [6, 6.07) is 30.8. The van der Waals surface area contributed by atoms with Crippen molar-refractivity contribution >= 4 is 40.5 Å². The van der Waals surface area contributed by atoms with Crippen LogP contribution in [0.2, 0.25) is 0 Å². The maximum atomic E-state index is 12.3. The highest BCUT2D eigenvalue weighted by atomic mass is 16.7. The number of fused-ring (bicyclic) bond motifs is 5. The van der Waals surface area contributed by atoms with Crippen molar-refractivity contribution in [2.24, 2.45) is 9.98 Å². The van der Waals surface area contributed by atoms with Crippen LogP contribution in [0, 0.1) is 6.92 Å². The Kier molecular flexibility index (Phi) is 5.93. The molecule has 0 saturated carbocycles. The van der Waals surface area contributed by atoms with E-state index in [9.17, 15) is 4.79 Å². The number of aryl methyl sites for hydroxylation is 1. The molecule has 0 saturated heterocycles. The minimum absolute atomic E-state index is 0.190. The van der Waals surface area contributed by atoms with Crippen LogP contribution in [0.5, 0.6) is 11.5 Å². The first-order chi connectivity index (χ1) is 21.6. The molecule has 10 nitrogen and oxygen atoms in total. The molecule has 8 rings (SSSR count). The molecule has 4 heterocycles. The summed E-state index contributed by atoms with van der Waals surface area (Å²) in [7, 11) is 1.38. The van der Waals surface area contributed by atoms with Gasteiger partial charge in [-0.05, 0) is 61.0 Å². The minimum Gasteiger partial charge on any atom is -0.465 e. The molecule has 0 radical (unpaired) electrons. The average Bonchev–Trinajstić information content (AvgIpc) is 3.68.